The Kier molecular flexibility index (Phi) is 5.47. The van der Waals surface area contributed by atoms with Crippen LogP contribution in [-0.4, -0.2) is 14.3 Å². The van der Waals surface area contributed by atoms with Crippen LogP contribution in [0.1, 0.15) is 0 Å². The van der Waals surface area contributed by atoms with Gasteiger partial charge in [-0.3, -0.25) is 0 Å². The van der Waals surface area contributed by atoms with Crippen molar-refractivity contribution in [3.05, 3.63) is 9.34 Å². The van der Waals surface area contributed by atoms with E-state index in [1.807, 2.05) is 22.1 Å². The third-order valence-electron chi connectivity index (χ3n) is 7.18. The van der Waals surface area contributed by atoms with Crippen LogP contribution >= 0.6 is 48.9 Å². The molecular weight excluding hydrogens is 435 g/mol. The van der Waals surface area contributed by atoms with E-state index in [0.717, 1.165) is 2.76 Å². The molecule has 0 aliphatic carbocycles. The van der Waals surface area contributed by atoms with Gasteiger partial charge in [0.25, 0.3) is 0 Å². The molecule has 10 heteroatoms. The van der Waals surface area contributed by atoms with Gasteiger partial charge in [-0.05, 0) is 0 Å². The van der Waals surface area contributed by atoms with Crippen LogP contribution in [0.3, 0.4) is 0 Å². The van der Waals surface area contributed by atoms with Gasteiger partial charge in [0.05, 0.1) is 0 Å². The van der Waals surface area contributed by atoms with Crippen LogP contribution in [0.15, 0.2) is 9.34 Å². The van der Waals surface area contributed by atoms with Gasteiger partial charge in [-0.15, -0.1) is 0 Å². The minimum absolute atomic E-state index is 0.315. The van der Waals surface area contributed by atoms with E-state index >= 15 is 0 Å². The van der Waals surface area contributed by atoms with Gasteiger partial charge < -0.3 is 0 Å². The molecule has 0 radical (unpaired) electrons. The normalized spacial score (nSPS) is 13.5. The summed E-state index contributed by atoms with van der Waals surface area (Å²) in [4.78, 5) is 0. The maximum absolute atomic E-state index is 6.03. The van der Waals surface area contributed by atoms with E-state index in [1.165, 1.54) is 0 Å². The first kappa shape index (κ1) is 20.5. The zero-order chi connectivity index (χ0) is 16.8. The van der Waals surface area contributed by atoms with Crippen LogP contribution in [0.25, 0.3) is 0 Å². The van der Waals surface area contributed by atoms with Crippen molar-refractivity contribution in [2.75, 3.05) is 0 Å². The van der Waals surface area contributed by atoms with Crippen molar-refractivity contribution in [1.82, 2.24) is 0 Å². The van der Waals surface area contributed by atoms with Gasteiger partial charge in [0.15, 0.2) is 0 Å². The molecule has 0 aromatic carbocycles. The summed E-state index contributed by atoms with van der Waals surface area (Å²) < 4.78 is 2.04. The summed E-state index contributed by atoms with van der Waals surface area (Å²) in [7, 11) is 0. The quantitative estimate of drug-likeness (QED) is 0.355. The minimum atomic E-state index is -4.39. The summed E-state index contributed by atoms with van der Waals surface area (Å²) in [5.74, 6) is 0. The molecule has 20 heavy (non-hydrogen) atoms. The maximum atomic E-state index is 6.03. The predicted octanol–water partition coefficient (Wildman–Crippen LogP) is 2.00. The topological polar surface area (TPSA) is 104 Å². The van der Waals surface area contributed by atoms with Gasteiger partial charge in [0.1, 0.15) is 0 Å². The predicted molar refractivity (Wildman–Crippen MR) is 99.7 cm³/mol. The molecule has 110 valence electrons. The number of hydrogen-bond acceptors (Lipinski definition) is 4. The van der Waals surface area contributed by atoms with E-state index in [9.17, 15) is 0 Å². The van der Waals surface area contributed by atoms with Crippen LogP contribution in [0.2, 0.25) is 22.1 Å². The van der Waals surface area contributed by atoms with Crippen LogP contribution in [-0.2, 0) is 27.2 Å². The van der Waals surface area contributed by atoms with E-state index in [2.05, 4.69) is 6.58 Å². The third-order valence-corrected chi connectivity index (χ3v) is 88.0. The van der Waals surface area contributed by atoms with E-state index in [4.69, 9.17) is 71.8 Å². The summed E-state index contributed by atoms with van der Waals surface area (Å²) in [6.07, 6.45) is 0. The Morgan fingerprint density at radius 3 is 0.900 bits per heavy atom. The molecular formula is C10H22N4S4Zn2. The summed E-state index contributed by atoms with van der Waals surface area (Å²) >= 11 is 12.4. The number of rotatable bonds is 6. The van der Waals surface area contributed by atoms with Crippen LogP contribution in [0.5, 0.6) is 0 Å². The first-order valence-electron chi connectivity index (χ1n) is 7.27. The SMILES string of the molecule is C=[C]([Zn]([CH3])([CH3])([C](N)=S)[C](N)=S)[Zn]([CH3])([CH3])([C](N)=S)[C](N)=S. The fourth-order valence-corrected chi connectivity index (χ4v) is 95.7. The van der Waals surface area contributed by atoms with Crippen molar-refractivity contribution < 1.29 is 27.2 Å². The average Bonchev–Trinajstić information content (AvgIpc) is 2.27. The molecule has 0 fully saturated rings. The molecule has 0 heterocycles. The molecule has 0 rings (SSSR count). The molecule has 0 saturated carbocycles. The first-order chi connectivity index (χ1) is 8.53. The monoisotopic (exact) mass is 454 g/mol. The fraction of sp³-hybridized carbons (Fsp3) is 0.400. The van der Waals surface area contributed by atoms with Gasteiger partial charge in [-0.1, -0.05) is 0 Å². The molecule has 0 aromatic rings. The second-order valence-electron chi connectivity index (χ2n) is 9.33. The summed E-state index contributed by atoms with van der Waals surface area (Å²) in [6, 6.07) is 0. The van der Waals surface area contributed by atoms with Gasteiger partial charge in [0.2, 0.25) is 0 Å². The molecule has 0 aliphatic rings. The zero-order valence-electron chi connectivity index (χ0n) is 12.6. The third kappa shape index (κ3) is 2.42. The molecule has 8 N–H and O–H groups in total. The molecule has 0 aliphatic heterocycles. The fourth-order valence-electron chi connectivity index (χ4n) is 3.58. The molecule has 0 spiro atoms. The Hall–Kier alpha value is 0.547. The van der Waals surface area contributed by atoms with E-state index in [0.29, 0.717) is 14.3 Å². The van der Waals surface area contributed by atoms with Crippen LogP contribution in [0.4, 0.5) is 0 Å². The first-order valence-corrected chi connectivity index (χ1v) is 29.7. The van der Waals surface area contributed by atoms with Crippen LogP contribution < -0.4 is 22.9 Å². The number of hydrogen-bond donors (Lipinski definition) is 4. The molecule has 0 atom stereocenters. The zero-order valence-corrected chi connectivity index (χ0v) is 21.8. The Balaban J connectivity index is 6.81. The summed E-state index contributed by atoms with van der Waals surface area (Å²) in [5.41, 5.74) is 31.9. The second-order valence-corrected chi connectivity index (χ2v) is 58.9. The molecule has 0 bridgehead atoms. The van der Waals surface area contributed by atoms with Gasteiger partial charge in [-0.2, -0.15) is 0 Å². The average molecular weight is 457 g/mol. The molecule has 0 saturated heterocycles. The van der Waals surface area contributed by atoms with E-state index in [1.54, 1.807) is 0 Å². The Morgan fingerprint density at radius 2 is 0.800 bits per heavy atom. The van der Waals surface area contributed by atoms with Crippen LogP contribution in [0, 0.1) is 0 Å². The molecule has 0 aromatic heterocycles. The molecule has 4 nitrogen and oxygen atoms in total. The number of nitrogens with two attached hydrogens (primary N) is 4. The van der Waals surface area contributed by atoms with Crippen molar-refractivity contribution in [2.24, 2.45) is 22.9 Å². The van der Waals surface area contributed by atoms with E-state index < -0.39 is 27.2 Å². The molecule has 0 unspecified atom stereocenters. The second kappa shape index (κ2) is 5.32. The molecule has 0 amide bonds. The Bertz CT molecular complexity index is 484. The van der Waals surface area contributed by atoms with Gasteiger partial charge >= 0.3 is 145 Å². The van der Waals surface area contributed by atoms with Crippen molar-refractivity contribution >= 4 is 63.2 Å². The summed E-state index contributed by atoms with van der Waals surface area (Å²) in [5, 5.41) is 0. The number of thiocarbonyl (C=S) groups is 4. The van der Waals surface area contributed by atoms with Gasteiger partial charge in [-0.25, -0.2) is 0 Å². The van der Waals surface area contributed by atoms with Crippen molar-refractivity contribution in [3.63, 3.8) is 0 Å². The Labute approximate surface area is 143 Å². The standard InChI is InChI=1S/C2H2.4CH2NS.4CH3.2Zn/c1-2;4*2-1-3;;;;;;/h1H2;4*(H2,2,3);4*1H3;;. The van der Waals surface area contributed by atoms with E-state index in [-0.39, 0.29) is 0 Å². The Morgan fingerprint density at radius 1 is 0.650 bits per heavy atom. The summed E-state index contributed by atoms with van der Waals surface area (Å²) in [6.45, 7) is 4.25. The van der Waals surface area contributed by atoms with Gasteiger partial charge in [0, 0.05) is 0 Å². The van der Waals surface area contributed by atoms with Crippen molar-refractivity contribution in [2.45, 2.75) is 22.1 Å². The van der Waals surface area contributed by atoms with Crippen molar-refractivity contribution in [3.8, 4) is 0 Å². The van der Waals surface area contributed by atoms with Crippen molar-refractivity contribution in [1.29, 1.82) is 0 Å².